The predicted octanol–water partition coefficient (Wildman–Crippen LogP) is 2.58. The molecule has 80 valence electrons. The fourth-order valence-corrected chi connectivity index (χ4v) is 3.68. The Bertz CT molecular complexity index is 184. The number of rotatable bonds is 0. The molecule has 4 atom stereocenters. The lowest BCUT2D eigenvalue weighted by molar-refractivity contribution is -0.217. The number of hydrogen-bond acceptors (Lipinski definition) is 2. The maximum absolute atomic E-state index is 5.82. The van der Waals surface area contributed by atoms with Gasteiger partial charge < -0.3 is 9.47 Å². The van der Waals surface area contributed by atoms with Gasteiger partial charge in [-0.15, -0.1) is 0 Å². The molecular weight excluding hydrogens is 176 g/mol. The van der Waals surface area contributed by atoms with Crippen LogP contribution in [0.4, 0.5) is 0 Å². The molecule has 1 aliphatic carbocycles. The number of hydrogen-bond donors (Lipinski definition) is 0. The van der Waals surface area contributed by atoms with E-state index >= 15 is 0 Å². The lowest BCUT2D eigenvalue weighted by atomic mass is 9.68. The molecular formula is C12H20O2. The van der Waals surface area contributed by atoms with Gasteiger partial charge in [-0.1, -0.05) is 6.42 Å². The molecule has 0 aromatic heterocycles. The van der Waals surface area contributed by atoms with E-state index in [0.717, 1.165) is 31.0 Å². The fourth-order valence-electron chi connectivity index (χ4n) is 3.68. The van der Waals surface area contributed by atoms with Crippen molar-refractivity contribution in [2.24, 2.45) is 17.8 Å². The Kier molecular flexibility index (Phi) is 2.50. The van der Waals surface area contributed by atoms with Crippen LogP contribution in [-0.2, 0) is 9.47 Å². The van der Waals surface area contributed by atoms with Crippen molar-refractivity contribution in [3.05, 3.63) is 0 Å². The second kappa shape index (κ2) is 3.82. The lowest BCUT2D eigenvalue weighted by Crippen LogP contribution is -2.43. The van der Waals surface area contributed by atoms with Gasteiger partial charge in [0.1, 0.15) is 0 Å². The van der Waals surface area contributed by atoms with Crippen LogP contribution in [0.5, 0.6) is 0 Å². The second-order valence-corrected chi connectivity index (χ2v) is 5.07. The summed E-state index contributed by atoms with van der Waals surface area (Å²) in [6, 6.07) is 0. The Labute approximate surface area is 86.0 Å². The van der Waals surface area contributed by atoms with Crippen molar-refractivity contribution in [3.63, 3.8) is 0 Å². The summed E-state index contributed by atoms with van der Waals surface area (Å²) in [6.07, 6.45) is 8.34. The van der Waals surface area contributed by atoms with Crippen LogP contribution in [0.2, 0.25) is 0 Å². The van der Waals surface area contributed by atoms with Crippen LogP contribution in [0.3, 0.4) is 0 Å². The van der Waals surface area contributed by atoms with Gasteiger partial charge in [0.25, 0.3) is 0 Å². The molecule has 14 heavy (non-hydrogen) atoms. The zero-order valence-corrected chi connectivity index (χ0v) is 8.78. The topological polar surface area (TPSA) is 18.5 Å². The molecule has 0 spiro atoms. The predicted molar refractivity (Wildman–Crippen MR) is 53.9 cm³/mol. The van der Waals surface area contributed by atoms with E-state index in [2.05, 4.69) is 0 Å². The zero-order valence-electron chi connectivity index (χ0n) is 8.78. The van der Waals surface area contributed by atoms with Crippen LogP contribution in [0, 0.1) is 17.8 Å². The van der Waals surface area contributed by atoms with E-state index in [4.69, 9.17) is 9.47 Å². The van der Waals surface area contributed by atoms with Crippen LogP contribution < -0.4 is 0 Å². The molecule has 2 heteroatoms. The summed E-state index contributed by atoms with van der Waals surface area (Å²) in [5.74, 6) is 2.55. The van der Waals surface area contributed by atoms with Crippen molar-refractivity contribution < 1.29 is 9.47 Å². The van der Waals surface area contributed by atoms with Crippen LogP contribution >= 0.6 is 0 Å². The molecule has 1 saturated carbocycles. The molecule has 3 aliphatic rings. The first-order chi connectivity index (χ1) is 6.95. The Balaban J connectivity index is 1.82. The van der Waals surface area contributed by atoms with Crippen molar-refractivity contribution in [2.75, 3.05) is 13.2 Å². The maximum atomic E-state index is 5.82. The van der Waals surface area contributed by atoms with Crippen molar-refractivity contribution >= 4 is 0 Å². The van der Waals surface area contributed by atoms with Crippen molar-refractivity contribution in [3.8, 4) is 0 Å². The van der Waals surface area contributed by atoms with Gasteiger partial charge in [0.05, 0.1) is 6.61 Å². The molecule has 0 radical (unpaired) electrons. The van der Waals surface area contributed by atoms with E-state index in [0.29, 0.717) is 0 Å². The van der Waals surface area contributed by atoms with Crippen molar-refractivity contribution in [1.82, 2.24) is 0 Å². The van der Waals surface area contributed by atoms with Gasteiger partial charge in [-0.05, 0) is 43.9 Å². The molecule has 0 amide bonds. The summed E-state index contributed by atoms with van der Waals surface area (Å²) in [7, 11) is 0. The van der Waals surface area contributed by atoms with E-state index in [9.17, 15) is 0 Å². The highest BCUT2D eigenvalue weighted by Crippen LogP contribution is 2.45. The van der Waals surface area contributed by atoms with Gasteiger partial charge in [-0.2, -0.15) is 0 Å². The molecule has 2 heterocycles. The first-order valence-corrected chi connectivity index (χ1v) is 6.18. The average Bonchev–Trinajstić information content (AvgIpc) is 2.44. The summed E-state index contributed by atoms with van der Waals surface area (Å²) in [5, 5.41) is 0. The highest BCUT2D eigenvalue weighted by Gasteiger charge is 2.43. The van der Waals surface area contributed by atoms with E-state index in [1.165, 1.54) is 38.5 Å². The van der Waals surface area contributed by atoms with Gasteiger partial charge in [0.2, 0.25) is 0 Å². The molecule has 0 bridgehead atoms. The minimum absolute atomic E-state index is 0.154. The van der Waals surface area contributed by atoms with E-state index in [1.54, 1.807) is 0 Å². The molecule has 2 saturated heterocycles. The lowest BCUT2D eigenvalue weighted by Gasteiger charge is -2.44. The third-order valence-corrected chi connectivity index (χ3v) is 4.32. The summed E-state index contributed by atoms with van der Waals surface area (Å²) in [4.78, 5) is 0. The van der Waals surface area contributed by atoms with Crippen molar-refractivity contribution in [2.45, 2.75) is 44.8 Å². The van der Waals surface area contributed by atoms with Gasteiger partial charge >= 0.3 is 0 Å². The zero-order chi connectivity index (χ0) is 9.38. The third-order valence-electron chi connectivity index (χ3n) is 4.32. The molecule has 0 aromatic carbocycles. The first kappa shape index (κ1) is 9.17. The molecule has 0 N–H and O–H groups in total. The Morgan fingerprint density at radius 1 is 0.714 bits per heavy atom. The molecule has 2 nitrogen and oxygen atoms in total. The van der Waals surface area contributed by atoms with Gasteiger partial charge in [0, 0.05) is 12.5 Å². The third kappa shape index (κ3) is 1.49. The molecule has 3 rings (SSSR count). The normalized spacial score (nSPS) is 48.0. The molecule has 0 aromatic rings. The number of ether oxygens (including phenoxy) is 2. The standard InChI is InChI=1S/C12H20O2/c1-3-9-5-2-7-13-12-11(9)10(4-1)6-8-14-12/h9-12H,1-8H2. The summed E-state index contributed by atoms with van der Waals surface area (Å²) >= 11 is 0. The molecule has 4 unspecified atom stereocenters. The minimum atomic E-state index is 0.154. The molecule has 3 fully saturated rings. The Morgan fingerprint density at radius 3 is 2.36 bits per heavy atom. The summed E-state index contributed by atoms with van der Waals surface area (Å²) in [5.41, 5.74) is 0. The summed E-state index contributed by atoms with van der Waals surface area (Å²) in [6.45, 7) is 1.85. The van der Waals surface area contributed by atoms with Crippen LogP contribution in [-0.4, -0.2) is 19.5 Å². The summed E-state index contributed by atoms with van der Waals surface area (Å²) < 4.78 is 11.6. The van der Waals surface area contributed by atoms with E-state index in [-0.39, 0.29) is 6.29 Å². The first-order valence-electron chi connectivity index (χ1n) is 6.18. The Morgan fingerprint density at radius 2 is 1.43 bits per heavy atom. The smallest absolute Gasteiger partial charge is 0.160 e. The fraction of sp³-hybridized carbons (Fsp3) is 1.00. The van der Waals surface area contributed by atoms with Gasteiger partial charge in [-0.25, -0.2) is 0 Å². The van der Waals surface area contributed by atoms with Gasteiger partial charge in [-0.3, -0.25) is 0 Å². The van der Waals surface area contributed by atoms with Crippen molar-refractivity contribution in [1.29, 1.82) is 0 Å². The average molecular weight is 196 g/mol. The SMILES string of the molecule is C1COC2OCCC3CCCC(C1)C32. The largest absolute Gasteiger partial charge is 0.352 e. The highest BCUT2D eigenvalue weighted by atomic mass is 16.7. The van der Waals surface area contributed by atoms with E-state index < -0.39 is 0 Å². The van der Waals surface area contributed by atoms with Crippen LogP contribution in [0.1, 0.15) is 38.5 Å². The Hall–Kier alpha value is -0.0800. The monoisotopic (exact) mass is 196 g/mol. The maximum Gasteiger partial charge on any atom is 0.160 e. The van der Waals surface area contributed by atoms with Gasteiger partial charge in [0.15, 0.2) is 6.29 Å². The quantitative estimate of drug-likeness (QED) is 0.593. The molecule has 2 aliphatic heterocycles. The second-order valence-electron chi connectivity index (χ2n) is 5.07. The minimum Gasteiger partial charge on any atom is -0.352 e. The van der Waals surface area contributed by atoms with Crippen LogP contribution in [0.25, 0.3) is 0 Å². The highest BCUT2D eigenvalue weighted by molar-refractivity contribution is 4.88. The van der Waals surface area contributed by atoms with E-state index in [1.807, 2.05) is 0 Å². The van der Waals surface area contributed by atoms with Crippen LogP contribution in [0.15, 0.2) is 0 Å².